The SMILES string of the molecule is CCCCCCCCCCCCCC(=O)OC[C@H](O)COC(=O)CC(C)C. The highest BCUT2D eigenvalue weighted by atomic mass is 16.6. The Morgan fingerprint density at radius 2 is 1.19 bits per heavy atom. The van der Waals surface area contributed by atoms with E-state index in [1.54, 1.807) is 0 Å². The Hall–Kier alpha value is -1.10. The summed E-state index contributed by atoms with van der Waals surface area (Å²) in [5.41, 5.74) is 0. The maximum absolute atomic E-state index is 11.7. The molecule has 160 valence electrons. The van der Waals surface area contributed by atoms with E-state index in [-0.39, 0.29) is 31.1 Å². The molecule has 0 amide bonds. The molecular weight excluding hydrogens is 344 g/mol. The largest absolute Gasteiger partial charge is 0.463 e. The van der Waals surface area contributed by atoms with E-state index in [1.165, 1.54) is 51.4 Å². The molecule has 0 spiro atoms. The highest BCUT2D eigenvalue weighted by Crippen LogP contribution is 2.12. The molecule has 0 aliphatic heterocycles. The molecule has 0 aromatic rings. The molecule has 0 fully saturated rings. The van der Waals surface area contributed by atoms with Crippen LogP contribution in [0.15, 0.2) is 0 Å². The van der Waals surface area contributed by atoms with E-state index >= 15 is 0 Å². The number of esters is 2. The van der Waals surface area contributed by atoms with Crippen LogP contribution >= 0.6 is 0 Å². The van der Waals surface area contributed by atoms with Gasteiger partial charge in [0.05, 0.1) is 0 Å². The number of carbonyl (C=O) groups excluding carboxylic acids is 2. The molecule has 0 heterocycles. The molecule has 0 bridgehead atoms. The van der Waals surface area contributed by atoms with Gasteiger partial charge >= 0.3 is 11.9 Å². The lowest BCUT2D eigenvalue weighted by Crippen LogP contribution is -2.25. The number of aliphatic hydroxyl groups is 1. The van der Waals surface area contributed by atoms with Crippen LogP contribution in [0.4, 0.5) is 0 Å². The molecule has 1 N–H and O–H groups in total. The van der Waals surface area contributed by atoms with Crippen LogP contribution in [-0.2, 0) is 19.1 Å². The fourth-order valence-electron chi connectivity index (χ4n) is 2.82. The van der Waals surface area contributed by atoms with Gasteiger partial charge in [0, 0.05) is 12.8 Å². The Morgan fingerprint density at radius 3 is 1.67 bits per heavy atom. The minimum absolute atomic E-state index is 0.119. The van der Waals surface area contributed by atoms with Crippen molar-refractivity contribution in [2.45, 2.75) is 110 Å². The molecule has 5 heteroatoms. The Kier molecular flexibility index (Phi) is 17.5. The third kappa shape index (κ3) is 19.5. The van der Waals surface area contributed by atoms with Crippen LogP contribution in [0.1, 0.15) is 104 Å². The average molecular weight is 387 g/mol. The van der Waals surface area contributed by atoms with Crippen LogP contribution in [0.25, 0.3) is 0 Å². The third-order valence-corrected chi connectivity index (χ3v) is 4.43. The summed E-state index contributed by atoms with van der Waals surface area (Å²) >= 11 is 0. The summed E-state index contributed by atoms with van der Waals surface area (Å²) in [6.07, 6.45) is 13.4. The van der Waals surface area contributed by atoms with E-state index in [2.05, 4.69) is 6.92 Å². The van der Waals surface area contributed by atoms with Gasteiger partial charge in [0.25, 0.3) is 0 Å². The number of carbonyl (C=O) groups is 2. The van der Waals surface area contributed by atoms with E-state index < -0.39 is 6.10 Å². The molecule has 0 aliphatic carbocycles. The molecule has 0 aromatic carbocycles. The fourth-order valence-corrected chi connectivity index (χ4v) is 2.82. The highest BCUT2D eigenvalue weighted by Gasteiger charge is 2.12. The maximum atomic E-state index is 11.7. The predicted molar refractivity (Wildman–Crippen MR) is 108 cm³/mol. The van der Waals surface area contributed by atoms with E-state index in [0.29, 0.717) is 12.8 Å². The molecule has 0 rings (SSSR count). The Bertz CT molecular complexity index is 368. The van der Waals surface area contributed by atoms with Gasteiger partial charge in [-0.25, -0.2) is 0 Å². The van der Waals surface area contributed by atoms with Crippen LogP contribution in [-0.4, -0.2) is 36.4 Å². The summed E-state index contributed by atoms with van der Waals surface area (Å²) in [5.74, 6) is -0.409. The van der Waals surface area contributed by atoms with Crippen molar-refractivity contribution in [3.63, 3.8) is 0 Å². The summed E-state index contributed by atoms with van der Waals surface area (Å²) in [7, 11) is 0. The zero-order chi connectivity index (χ0) is 20.3. The van der Waals surface area contributed by atoms with E-state index in [1.807, 2.05) is 13.8 Å². The quantitative estimate of drug-likeness (QED) is 0.259. The van der Waals surface area contributed by atoms with Crippen LogP contribution in [0, 0.1) is 5.92 Å². The monoisotopic (exact) mass is 386 g/mol. The fraction of sp³-hybridized carbons (Fsp3) is 0.909. The van der Waals surface area contributed by atoms with E-state index in [4.69, 9.17) is 9.47 Å². The molecule has 0 saturated heterocycles. The van der Waals surface area contributed by atoms with Crippen molar-refractivity contribution in [2.75, 3.05) is 13.2 Å². The van der Waals surface area contributed by atoms with Gasteiger partial charge in [0.2, 0.25) is 0 Å². The molecule has 0 saturated carbocycles. The summed E-state index contributed by atoms with van der Waals surface area (Å²) < 4.78 is 9.97. The Morgan fingerprint density at radius 1 is 0.741 bits per heavy atom. The van der Waals surface area contributed by atoms with Crippen molar-refractivity contribution in [3.8, 4) is 0 Å². The predicted octanol–water partition coefficient (Wildman–Crippen LogP) is 5.18. The number of unbranched alkanes of at least 4 members (excludes halogenated alkanes) is 10. The molecule has 5 nitrogen and oxygen atoms in total. The minimum atomic E-state index is -0.956. The first-order valence-corrected chi connectivity index (χ1v) is 10.9. The van der Waals surface area contributed by atoms with Gasteiger partial charge in [-0.2, -0.15) is 0 Å². The summed E-state index contributed by atoms with van der Waals surface area (Å²) in [6, 6.07) is 0. The second-order valence-electron chi connectivity index (χ2n) is 7.90. The lowest BCUT2D eigenvalue weighted by atomic mass is 10.1. The molecule has 0 unspecified atom stereocenters. The maximum Gasteiger partial charge on any atom is 0.306 e. The first kappa shape index (κ1) is 25.9. The molecule has 27 heavy (non-hydrogen) atoms. The second kappa shape index (κ2) is 18.3. The van der Waals surface area contributed by atoms with Crippen molar-refractivity contribution in [2.24, 2.45) is 5.92 Å². The molecule has 0 radical (unpaired) electrons. The molecular formula is C22H42O5. The standard InChI is InChI=1S/C22H42O5/c1-4-5-6-7-8-9-10-11-12-13-14-15-21(24)26-17-20(23)18-27-22(25)16-19(2)3/h19-20,23H,4-18H2,1-3H3/t20-/m0/s1. The van der Waals surface area contributed by atoms with Gasteiger partial charge in [-0.05, 0) is 12.3 Å². The average Bonchev–Trinajstić information content (AvgIpc) is 2.62. The number of ether oxygens (including phenoxy) is 2. The Balaban J connectivity index is 3.42. The van der Waals surface area contributed by atoms with E-state index in [0.717, 1.165) is 19.3 Å². The second-order valence-corrected chi connectivity index (χ2v) is 7.90. The number of aliphatic hydroxyl groups excluding tert-OH is 1. The number of rotatable bonds is 18. The third-order valence-electron chi connectivity index (χ3n) is 4.43. The van der Waals surface area contributed by atoms with Gasteiger partial charge < -0.3 is 14.6 Å². The molecule has 0 aromatic heterocycles. The van der Waals surface area contributed by atoms with Gasteiger partial charge in [-0.15, -0.1) is 0 Å². The number of hydrogen-bond acceptors (Lipinski definition) is 5. The first-order valence-electron chi connectivity index (χ1n) is 10.9. The minimum Gasteiger partial charge on any atom is -0.463 e. The lowest BCUT2D eigenvalue weighted by Gasteiger charge is -2.12. The highest BCUT2D eigenvalue weighted by molar-refractivity contribution is 5.70. The van der Waals surface area contributed by atoms with Gasteiger partial charge in [-0.1, -0.05) is 85.0 Å². The summed E-state index contributed by atoms with van der Waals surface area (Å²) in [6.45, 7) is 5.84. The van der Waals surface area contributed by atoms with Crippen LogP contribution in [0.3, 0.4) is 0 Å². The van der Waals surface area contributed by atoms with Crippen molar-refractivity contribution >= 4 is 11.9 Å². The van der Waals surface area contributed by atoms with Crippen LogP contribution < -0.4 is 0 Å². The van der Waals surface area contributed by atoms with E-state index in [9.17, 15) is 14.7 Å². The molecule has 0 aliphatic rings. The van der Waals surface area contributed by atoms with Crippen LogP contribution in [0.2, 0.25) is 0 Å². The van der Waals surface area contributed by atoms with Crippen molar-refractivity contribution in [1.29, 1.82) is 0 Å². The summed E-state index contributed by atoms with van der Waals surface area (Å²) in [5, 5.41) is 9.69. The normalized spacial score (nSPS) is 12.2. The first-order chi connectivity index (χ1) is 13.0. The summed E-state index contributed by atoms with van der Waals surface area (Å²) in [4.78, 5) is 23.0. The molecule has 1 atom stereocenters. The van der Waals surface area contributed by atoms with Crippen LogP contribution in [0.5, 0.6) is 0 Å². The number of hydrogen-bond donors (Lipinski definition) is 1. The van der Waals surface area contributed by atoms with Crippen molar-refractivity contribution in [3.05, 3.63) is 0 Å². The van der Waals surface area contributed by atoms with Gasteiger partial charge in [-0.3, -0.25) is 9.59 Å². The van der Waals surface area contributed by atoms with Crippen molar-refractivity contribution < 1.29 is 24.2 Å². The van der Waals surface area contributed by atoms with Crippen molar-refractivity contribution in [1.82, 2.24) is 0 Å². The zero-order valence-corrected chi connectivity index (χ0v) is 17.8. The smallest absolute Gasteiger partial charge is 0.306 e. The zero-order valence-electron chi connectivity index (χ0n) is 17.8. The van der Waals surface area contributed by atoms with Gasteiger partial charge in [0.1, 0.15) is 19.3 Å². The van der Waals surface area contributed by atoms with Gasteiger partial charge in [0.15, 0.2) is 0 Å². The topological polar surface area (TPSA) is 72.8 Å². The Labute approximate surface area is 166 Å². The lowest BCUT2D eigenvalue weighted by molar-refractivity contribution is -0.152.